The van der Waals surface area contributed by atoms with Crippen LogP contribution in [-0.4, -0.2) is 24.2 Å². The van der Waals surface area contributed by atoms with Gasteiger partial charge in [-0.25, -0.2) is 13.1 Å². The second-order valence-corrected chi connectivity index (χ2v) is 4.99. The van der Waals surface area contributed by atoms with Crippen molar-refractivity contribution in [3.05, 3.63) is 12.4 Å². The molecule has 0 amide bonds. The van der Waals surface area contributed by atoms with Crippen molar-refractivity contribution in [1.82, 2.24) is 14.5 Å². The van der Waals surface area contributed by atoms with Crippen LogP contribution in [0.4, 0.5) is 0 Å². The number of nitrogens with one attached hydrogen (secondary N) is 1. The van der Waals surface area contributed by atoms with Gasteiger partial charge in [0.1, 0.15) is 4.90 Å². The van der Waals surface area contributed by atoms with Gasteiger partial charge in [-0.15, -0.1) is 12.3 Å². The minimum Gasteiger partial charge on any atom is -0.274 e. The summed E-state index contributed by atoms with van der Waals surface area (Å²) in [6.07, 6.45) is 8.18. The van der Waals surface area contributed by atoms with E-state index in [4.69, 9.17) is 6.42 Å². The number of sulfonamides is 1. The van der Waals surface area contributed by atoms with Gasteiger partial charge in [-0.1, -0.05) is 0 Å². The number of hydrogen-bond acceptors (Lipinski definition) is 3. The fraction of sp³-hybridized carbons (Fsp3) is 0.444. The molecule has 6 heteroatoms. The maximum absolute atomic E-state index is 11.7. The molecule has 0 bridgehead atoms. The molecule has 0 aliphatic heterocycles. The summed E-state index contributed by atoms with van der Waals surface area (Å²) in [5, 5.41) is 3.79. The quantitative estimate of drug-likeness (QED) is 0.743. The Balaban J connectivity index is 2.81. The third-order valence-corrected chi connectivity index (χ3v) is 3.32. The molecule has 5 nitrogen and oxygen atoms in total. The lowest BCUT2D eigenvalue weighted by Gasteiger charge is -2.09. The molecular formula is C9H13N3O2S. The van der Waals surface area contributed by atoms with Crippen LogP contribution in [0.1, 0.15) is 13.3 Å². The molecule has 0 spiro atoms. The van der Waals surface area contributed by atoms with E-state index < -0.39 is 10.0 Å². The fourth-order valence-corrected chi connectivity index (χ4v) is 2.32. The van der Waals surface area contributed by atoms with Crippen LogP contribution in [0.5, 0.6) is 0 Å². The van der Waals surface area contributed by atoms with E-state index in [1.807, 2.05) is 0 Å². The van der Waals surface area contributed by atoms with E-state index in [9.17, 15) is 8.42 Å². The molecule has 0 aliphatic rings. The number of hydrogen-bond donors (Lipinski definition) is 1. The predicted octanol–water partition coefficient (Wildman–Crippen LogP) is 0.110. The van der Waals surface area contributed by atoms with Crippen molar-refractivity contribution in [2.75, 3.05) is 0 Å². The van der Waals surface area contributed by atoms with Crippen molar-refractivity contribution in [3.8, 4) is 12.3 Å². The van der Waals surface area contributed by atoms with Gasteiger partial charge in [-0.05, 0) is 6.92 Å². The zero-order valence-corrected chi connectivity index (χ0v) is 9.45. The minimum atomic E-state index is -3.49. The molecule has 0 aliphatic carbocycles. The van der Waals surface area contributed by atoms with Crippen LogP contribution in [0.3, 0.4) is 0 Å². The van der Waals surface area contributed by atoms with Gasteiger partial charge in [0.05, 0.1) is 6.20 Å². The maximum atomic E-state index is 11.7. The van der Waals surface area contributed by atoms with Crippen molar-refractivity contribution < 1.29 is 8.42 Å². The summed E-state index contributed by atoms with van der Waals surface area (Å²) in [5.41, 5.74) is 0. The Morgan fingerprint density at radius 2 is 2.40 bits per heavy atom. The van der Waals surface area contributed by atoms with E-state index in [1.54, 1.807) is 14.0 Å². The molecule has 1 unspecified atom stereocenters. The predicted molar refractivity (Wildman–Crippen MR) is 56.4 cm³/mol. The SMILES string of the molecule is C#CCC(C)NS(=O)(=O)c1cnn(C)c1. The molecule has 82 valence electrons. The monoisotopic (exact) mass is 227 g/mol. The van der Waals surface area contributed by atoms with Crippen LogP contribution in [0.2, 0.25) is 0 Å². The Kier molecular flexibility index (Phi) is 3.50. The molecule has 1 rings (SSSR count). The molecule has 1 aromatic heterocycles. The van der Waals surface area contributed by atoms with Crippen molar-refractivity contribution in [1.29, 1.82) is 0 Å². The molecule has 1 N–H and O–H groups in total. The third-order valence-electron chi connectivity index (χ3n) is 1.77. The largest absolute Gasteiger partial charge is 0.274 e. The van der Waals surface area contributed by atoms with E-state index in [1.165, 1.54) is 17.1 Å². The van der Waals surface area contributed by atoms with Gasteiger partial charge in [0.25, 0.3) is 0 Å². The van der Waals surface area contributed by atoms with E-state index in [0.717, 1.165) is 0 Å². The van der Waals surface area contributed by atoms with Gasteiger partial charge >= 0.3 is 0 Å². The highest BCUT2D eigenvalue weighted by molar-refractivity contribution is 7.89. The lowest BCUT2D eigenvalue weighted by molar-refractivity contribution is 0.563. The second kappa shape index (κ2) is 4.47. The number of terminal acetylenes is 1. The Hall–Kier alpha value is -1.32. The van der Waals surface area contributed by atoms with Crippen molar-refractivity contribution in [3.63, 3.8) is 0 Å². The molecule has 0 aromatic carbocycles. The van der Waals surface area contributed by atoms with Crippen molar-refractivity contribution in [2.24, 2.45) is 7.05 Å². The summed E-state index contributed by atoms with van der Waals surface area (Å²) in [4.78, 5) is 0.147. The van der Waals surface area contributed by atoms with Gasteiger partial charge in [-0.3, -0.25) is 4.68 Å². The van der Waals surface area contributed by atoms with Crippen LogP contribution in [-0.2, 0) is 17.1 Å². The highest BCUT2D eigenvalue weighted by atomic mass is 32.2. The van der Waals surface area contributed by atoms with Crippen LogP contribution in [0, 0.1) is 12.3 Å². The highest BCUT2D eigenvalue weighted by Crippen LogP contribution is 2.07. The summed E-state index contributed by atoms with van der Waals surface area (Å²) in [7, 11) is -1.83. The smallest absolute Gasteiger partial charge is 0.243 e. The summed E-state index contributed by atoms with van der Waals surface area (Å²) in [5.74, 6) is 2.40. The molecule has 1 aromatic rings. The first kappa shape index (κ1) is 11.8. The number of nitrogens with zero attached hydrogens (tertiary/aromatic N) is 2. The summed E-state index contributed by atoms with van der Waals surface area (Å²) in [6.45, 7) is 1.72. The minimum absolute atomic E-state index is 0.147. The average molecular weight is 227 g/mol. The van der Waals surface area contributed by atoms with Gasteiger partial charge in [0, 0.05) is 25.7 Å². The zero-order valence-electron chi connectivity index (χ0n) is 8.64. The molecule has 15 heavy (non-hydrogen) atoms. The Morgan fingerprint density at radius 1 is 1.73 bits per heavy atom. The molecule has 0 radical (unpaired) electrons. The Labute approximate surface area is 89.5 Å². The fourth-order valence-electron chi connectivity index (χ4n) is 1.09. The summed E-state index contributed by atoms with van der Waals surface area (Å²) >= 11 is 0. The Morgan fingerprint density at radius 3 is 2.87 bits per heavy atom. The first-order valence-electron chi connectivity index (χ1n) is 4.40. The van der Waals surface area contributed by atoms with Crippen molar-refractivity contribution in [2.45, 2.75) is 24.3 Å². The first-order chi connectivity index (χ1) is 6.95. The van der Waals surface area contributed by atoms with Crippen molar-refractivity contribution >= 4 is 10.0 Å². The highest BCUT2D eigenvalue weighted by Gasteiger charge is 2.18. The standard InChI is InChI=1S/C9H13N3O2S/c1-4-5-8(2)11-15(13,14)9-6-10-12(3)7-9/h1,6-8,11H,5H2,2-3H3. The lowest BCUT2D eigenvalue weighted by atomic mass is 10.3. The van der Waals surface area contributed by atoms with Crippen LogP contribution in [0.25, 0.3) is 0 Å². The maximum Gasteiger partial charge on any atom is 0.243 e. The topological polar surface area (TPSA) is 64.0 Å². The number of aryl methyl sites for hydroxylation is 1. The molecule has 1 heterocycles. The lowest BCUT2D eigenvalue weighted by Crippen LogP contribution is -2.32. The van der Waals surface area contributed by atoms with E-state index in [-0.39, 0.29) is 10.9 Å². The van der Waals surface area contributed by atoms with Gasteiger partial charge < -0.3 is 0 Å². The van der Waals surface area contributed by atoms with Crippen LogP contribution >= 0.6 is 0 Å². The first-order valence-corrected chi connectivity index (χ1v) is 5.88. The summed E-state index contributed by atoms with van der Waals surface area (Å²) in [6, 6.07) is -0.278. The molecule has 1 atom stereocenters. The van der Waals surface area contributed by atoms with E-state index in [2.05, 4.69) is 15.7 Å². The van der Waals surface area contributed by atoms with Gasteiger partial charge in [0.15, 0.2) is 0 Å². The number of aromatic nitrogens is 2. The average Bonchev–Trinajstić information content (AvgIpc) is 2.51. The van der Waals surface area contributed by atoms with Gasteiger partial charge in [-0.2, -0.15) is 5.10 Å². The van der Waals surface area contributed by atoms with Gasteiger partial charge in [0.2, 0.25) is 10.0 Å². The second-order valence-electron chi connectivity index (χ2n) is 3.28. The van der Waals surface area contributed by atoms with Crippen LogP contribution < -0.4 is 4.72 Å². The molecular weight excluding hydrogens is 214 g/mol. The molecule has 0 saturated carbocycles. The van der Waals surface area contributed by atoms with Crippen LogP contribution in [0.15, 0.2) is 17.3 Å². The molecule has 0 saturated heterocycles. The third kappa shape index (κ3) is 3.08. The summed E-state index contributed by atoms with van der Waals surface area (Å²) < 4.78 is 27.3. The van der Waals surface area contributed by atoms with E-state index >= 15 is 0 Å². The Bertz CT molecular complexity index is 470. The van der Waals surface area contributed by atoms with E-state index in [0.29, 0.717) is 6.42 Å². The molecule has 0 fully saturated rings. The zero-order chi connectivity index (χ0) is 11.5. The normalized spacial score (nSPS) is 13.4. The number of rotatable bonds is 4.